The maximum Gasteiger partial charge on any atom is 0.309 e. The lowest BCUT2D eigenvalue weighted by atomic mass is 9.53. The lowest BCUT2D eigenvalue weighted by molar-refractivity contribution is -0.385. The summed E-state index contributed by atoms with van der Waals surface area (Å²) in [6.45, 7) is 3.35. The van der Waals surface area contributed by atoms with Crippen molar-refractivity contribution in [3.63, 3.8) is 0 Å². The fourth-order valence-corrected chi connectivity index (χ4v) is 5.60. The number of rotatable bonds is 4. The molecule has 5 rings (SSSR count). The summed E-state index contributed by atoms with van der Waals surface area (Å²) in [5.74, 6) is 2.22. The van der Waals surface area contributed by atoms with Gasteiger partial charge in [0.05, 0.1) is 4.92 Å². The van der Waals surface area contributed by atoms with Crippen LogP contribution in [0.2, 0.25) is 0 Å². The number of nitrogens with one attached hydrogen (secondary N) is 1. The van der Waals surface area contributed by atoms with E-state index in [1.54, 1.807) is 13.8 Å². The summed E-state index contributed by atoms with van der Waals surface area (Å²) in [5.41, 5.74) is 0.257. The van der Waals surface area contributed by atoms with Gasteiger partial charge in [0.15, 0.2) is 0 Å². The first-order valence-corrected chi connectivity index (χ1v) is 8.87. The van der Waals surface area contributed by atoms with Gasteiger partial charge in [-0.1, -0.05) is 0 Å². The molecule has 1 aromatic heterocycles. The highest BCUT2D eigenvalue weighted by atomic mass is 16.6. The minimum Gasteiger partial charge on any atom is -0.349 e. The van der Waals surface area contributed by atoms with Gasteiger partial charge >= 0.3 is 5.69 Å². The van der Waals surface area contributed by atoms with Gasteiger partial charge in [-0.15, -0.1) is 0 Å². The Morgan fingerprint density at radius 2 is 1.88 bits per heavy atom. The number of aryl methyl sites for hydroxylation is 1. The van der Waals surface area contributed by atoms with Crippen LogP contribution >= 0.6 is 0 Å². The molecule has 1 N–H and O–H groups in total. The number of nitro groups is 1. The van der Waals surface area contributed by atoms with Gasteiger partial charge in [0, 0.05) is 5.54 Å². The molecule has 0 aliphatic heterocycles. The van der Waals surface area contributed by atoms with Crippen LogP contribution in [0.4, 0.5) is 5.69 Å². The average Bonchev–Trinajstić information content (AvgIpc) is 2.86. The van der Waals surface area contributed by atoms with Gasteiger partial charge in [0.25, 0.3) is 0 Å². The van der Waals surface area contributed by atoms with E-state index in [1.165, 1.54) is 30.1 Å². The third kappa shape index (κ3) is 2.50. The number of carbonyl (C=O) groups is 1. The Morgan fingerprint density at radius 3 is 2.33 bits per heavy atom. The van der Waals surface area contributed by atoms with Gasteiger partial charge < -0.3 is 5.32 Å². The van der Waals surface area contributed by atoms with Gasteiger partial charge in [-0.05, 0) is 70.1 Å². The molecule has 1 aromatic rings. The van der Waals surface area contributed by atoms with Crippen molar-refractivity contribution in [2.75, 3.05) is 0 Å². The van der Waals surface area contributed by atoms with Crippen molar-refractivity contribution in [1.82, 2.24) is 15.1 Å². The molecule has 7 nitrogen and oxygen atoms in total. The number of hydrogen-bond acceptors (Lipinski definition) is 4. The third-order valence-electron chi connectivity index (χ3n) is 6.29. The second-order valence-electron chi connectivity index (χ2n) is 8.20. The molecular weight excluding hydrogens is 308 g/mol. The summed E-state index contributed by atoms with van der Waals surface area (Å²) in [7, 11) is 0. The molecule has 0 saturated heterocycles. The maximum atomic E-state index is 12.8. The van der Waals surface area contributed by atoms with Crippen LogP contribution in [0.1, 0.15) is 57.2 Å². The Kier molecular flexibility index (Phi) is 3.44. The molecule has 0 unspecified atom stereocenters. The molecule has 4 bridgehead atoms. The monoisotopic (exact) mass is 332 g/mol. The fourth-order valence-electron chi connectivity index (χ4n) is 5.60. The minimum absolute atomic E-state index is 0.0375. The van der Waals surface area contributed by atoms with E-state index in [0.717, 1.165) is 37.0 Å². The molecule has 0 aromatic carbocycles. The summed E-state index contributed by atoms with van der Waals surface area (Å²) in [6, 6.07) is -0.537. The van der Waals surface area contributed by atoms with Crippen LogP contribution in [0.15, 0.2) is 6.20 Å². The van der Waals surface area contributed by atoms with Crippen molar-refractivity contribution in [2.24, 2.45) is 17.8 Å². The first kappa shape index (κ1) is 15.6. The van der Waals surface area contributed by atoms with Gasteiger partial charge in [0.2, 0.25) is 5.91 Å². The largest absolute Gasteiger partial charge is 0.349 e. The van der Waals surface area contributed by atoms with Crippen LogP contribution in [-0.2, 0) is 4.79 Å². The van der Waals surface area contributed by atoms with Crippen LogP contribution in [0.3, 0.4) is 0 Å². The molecule has 4 aliphatic rings. The summed E-state index contributed by atoms with van der Waals surface area (Å²) in [6.07, 6.45) is 8.63. The number of hydrogen-bond donors (Lipinski definition) is 1. The summed E-state index contributed by atoms with van der Waals surface area (Å²) >= 11 is 0. The first-order chi connectivity index (χ1) is 11.3. The molecule has 4 fully saturated rings. The Labute approximate surface area is 140 Å². The van der Waals surface area contributed by atoms with Gasteiger partial charge in [-0.25, -0.2) is 0 Å². The van der Waals surface area contributed by atoms with Gasteiger partial charge in [-0.2, -0.15) is 5.10 Å². The average molecular weight is 332 g/mol. The van der Waals surface area contributed by atoms with Crippen LogP contribution in [-0.4, -0.2) is 26.1 Å². The predicted octanol–water partition coefficient (Wildman–Crippen LogP) is 2.75. The van der Waals surface area contributed by atoms with Gasteiger partial charge in [0.1, 0.15) is 17.9 Å². The normalized spacial score (nSPS) is 35.0. The van der Waals surface area contributed by atoms with Crippen molar-refractivity contribution in [3.05, 3.63) is 22.0 Å². The van der Waals surface area contributed by atoms with E-state index in [-0.39, 0.29) is 17.1 Å². The summed E-state index contributed by atoms with van der Waals surface area (Å²) in [4.78, 5) is 23.3. The Balaban J connectivity index is 1.50. The number of aromatic nitrogens is 2. The Morgan fingerprint density at radius 1 is 1.33 bits per heavy atom. The molecule has 1 atom stereocenters. The van der Waals surface area contributed by atoms with Crippen molar-refractivity contribution >= 4 is 11.6 Å². The Hall–Kier alpha value is -1.92. The predicted molar refractivity (Wildman–Crippen MR) is 87.4 cm³/mol. The highest BCUT2D eigenvalue weighted by Crippen LogP contribution is 2.55. The molecule has 130 valence electrons. The number of carbonyl (C=O) groups excluding carboxylic acids is 1. The van der Waals surface area contributed by atoms with Crippen molar-refractivity contribution in [2.45, 2.75) is 64.0 Å². The SMILES string of the molecule is Cc1nn([C@@H](C)C(=O)NC23CC4CC(CC(C4)C2)C3)cc1[N+](=O)[O-]. The van der Waals surface area contributed by atoms with Crippen molar-refractivity contribution in [3.8, 4) is 0 Å². The smallest absolute Gasteiger partial charge is 0.309 e. The summed E-state index contributed by atoms with van der Waals surface area (Å²) < 4.78 is 1.42. The number of amides is 1. The van der Waals surface area contributed by atoms with E-state index in [1.807, 2.05) is 0 Å². The zero-order valence-corrected chi connectivity index (χ0v) is 14.2. The van der Waals surface area contributed by atoms with E-state index in [2.05, 4.69) is 10.4 Å². The van der Waals surface area contributed by atoms with Gasteiger partial charge in [-0.3, -0.25) is 19.6 Å². The zero-order valence-electron chi connectivity index (χ0n) is 14.2. The van der Waals surface area contributed by atoms with Crippen LogP contribution in [0.5, 0.6) is 0 Å². The second-order valence-corrected chi connectivity index (χ2v) is 8.20. The molecule has 1 amide bonds. The van der Waals surface area contributed by atoms with E-state index < -0.39 is 11.0 Å². The molecular formula is C17H24N4O3. The molecule has 7 heteroatoms. The standard InChI is InChI=1S/C17H24N4O3/c1-10-15(21(23)24)9-20(19-10)11(2)16(22)18-17-6-12-3-13(7-17)5-14(4-12)8-17/h9,11-14H,3-8H2,1-2H3,(H,18,22)/t11-,12?,13?,14?,17?/m0/s1. The second kappa shape index (κ2) is 5.29. The van der Waals surface area contributed by atoms with Crippen LogP contribution < -0.4 is 5.32 Å². The molecule has 0 radical (unpaired) electrons. The third-order valence-corrected chi connectivity index (χ3v) is 6.29. The fraction of sp³-hybridized carbons (Fsp3) is 0.765. The molecule has 24 heavy (non-hydrogen) atoms. The highest BCUT2D eigenvalue weighted by molar-refractivity contribution is 5.80. The topological polar surface area (TPSA) is 90.1 Å². The summed E-state index contributed by atoms with van der Waals surface area (Å²) in [5, 5.41) is 18.5. The van der Waals surface area contributed by atoms with E-state index in [9.17, 15) is 14.9 Å². The van der Waals surface area contributed by atoms with Crippen molar-refractivity contribution < 1.29 is 9.72 Å². The minimum atomic E-state index is -0.537. The lowest BCUT2D eigenvalue weighted by Crippen LogP contribution is -2.60. The maximum absolute atomic E-state index is 12.8. The Bertz CT molecular complexity index is 661. The molecule has 0 spiro atoms. The number of nitrogens with zero attached hydrogens (tertiary/aromatic N) is 3. The van der Waals surface area contributed by atoms with Crippen molar-refractivity contribution in [1.29, 1.82) is 0 Å². The van der Waals surface area contributed by atoms with Crippen LogP contribution in [0.25, 0.3) is 0 Å². The zero-order chi connectivity index (χ0) is 17.1. The molecule has 4 saturated carbocycles. The van der Waals surface area contributed by atoms with E-state index in [4.69, 9.17) is 0 Å². The highest BCUT2D eigenvalue weighted by Gasteiger charge is 2.51. The van der Waals surface area contributed by atoms with E-state index in [0.29, 0.717) is 5.69 Å². The van der Waals surface area contributed by atoms with Crippen LogP contribution in [0, 0.1) is 34.8 Å². The molecule has 1 heterocycles. The van der Waals surface area contributed by atoms with E-state index >= 15 is 0 Å². The first-order valence-electron chi connectivity index (χ1n) is 8.87. The lowest BCUT2D eigenvalue weighted by Gasteiger charge is -2.57. The molecule has 4 aliphatic carbocycles. The quantitative estimate of drug-likeness (QED) is 0.678.